The molecule has 0 saturated heterocycles. The van der Waals surface area contributed by atoms with E-state index >= 15 is 0 Å². The van der Waals surface area contributed by atoms with Crippen molar-refractivity contribution in [2.75, 3.05) is 5.32 Å². The molecule has 2 rings (SSSR count). The van der Waals surface area contributed by atoms with Crippen molar-refractivity contribution in [3.63, 3.8) is 0 Å². The van der Waals surface area contributed by atoms with Crippen LogP contribution in [0.2, 0.25) is 0 Å². The van der Waals surface area contributed by atoms with Gasteiger partial charge < -0.3 is 5.32 Å². The molecule has 0 aliphatic heterocycles. The fourth-order valence-electron chi connectivity index (χ4n) is 1.91. The molecule has 0 aliphatic carbocycles. The molecule has 108 valence electrons. The van der Waals surface area contributed by atoms with Gasteiger partial charge in [-0.3, -0.25) is 4.79 Å². The molecule has 0 aliphatic rings. The minimum absolute atomic E-state index is 0.284. The third-order valence-corrected chi connectivity index (χ3v) is 3.12. The van der Waals surface area contributed by atoms with Gasteiger partial charge in [-0.2, -0.15) is 0 Å². The third kappa shape index (κ3) is 4.56. The van der Waals surface area contributed by atoms with Gasteiger partial charge in [0.1, 0.15) is 5.82 Å². The lowest BCUT2D eigenvalue weighted by Gasteiger charge is -2.05. The molecule has 0 saturated carbocycles. The number of amides is 1. The van der Waals surface area contributed by atoms with Crippen molar-refractivity contribution in [2.24, 2.45) is 0 Å². The van der Waals surface area contributed by atoms with E-state index in [1.807, 2.05) is 12.1 Å². The first-order valence-corrected chi connectivity index (χ1v) is 6.89. The zero-order chi connectivity index (χ0) is 15.2. The Bertz CT molecular complexity index is 645. The number of benzene rings is 2. The number of hydrogen-bond donors (Lipinski definition) is 1. The van der Waals surface area contributed by atoms with Gasteiger partial charge in [-0.1, -0.05) is 44.2 Å². The number of rotatable bonds is 4. The molecule has 0 fully saturated rings. The zero-order valence-corrected chi connectivity index (χ0v) is 12.1. The number of carbonyl (C=O) groups excluding carboxylic acids is 1. The molecule has 0 aromatic heterocycles. The van der Waals surface area contributed by atoms with Crippen molar-refractivity contribution in [3.8, 4) is 0 Å². The van der Waals surface area contributed by atoms with E-state index in [9.17, 15) is 9.18 Å². The second kappa shape index (κ2) is 6.84. The molecule has 0 unspecified atom stereocenters. The second-order valence-corrected chi connectivity index (χ2v) is 5.15. The normalized spacial score (nSPS) is 11.0. The SMILES string of the molecule is CC(C)c1ccc(/C=C/C(=O)Nc2cccc(F)c2)cc1. The Morgan fingerprint density at radius 2 is 1.86 bits per heavy atom. The minimum atomic E-state index is -0.374. The Morgan fingerprint density at radius 1 is 1.14 bits per heavy atom. The molecule has 0 atom stereocenters. The summed E-state index contributed by atoms with van der Waals surface area (Å²) in [6, 6.07) is 13.9. The number of hydrogen-bond acceptors (Lipinski definition) is 1. The highest BCUT2D eigenvalue weighted by Crippen LogP contribution is 2.15. The molecule has 1 amide bonds. The quantitative estimate of drug-likeness (QED) is 0.816. The molecule has 0 bridgehead atoms. The summed E-state index contributed by atoms with van der Waals surface area (Å²) in [7, 11) is 0. The third-order valence-electron chi connectivity index (χ3n) is 3.12. The van der Waals surface area contributed by atoms with Gasteiger partial charge in [0.2, 0.25) is 5.91 Å². The van der Waals surface area contributed by atoms with E-state index < -0.39 is 0 Å². The Hall–Kier alpha value is -2.42. The van der Waals surface area contributed by atoms with Crippen molar-refractivity contribution in [2.45, 2.75) is 19.8 Å². The van der Waals surface area contributed by atoms with E-state index in [2.05, 4.69) is 31.3 Å². The summed E-state index contributed by atoms with van der Waals surface area (Å²) in [5.74, 6) is -0.172. The number of anilines is 1. The molecule has 21 heavy (non-hydrogen) atoms. The van der Waals surface area contributed by atoms with Gasteiger partial charge in [-0.05, 0) is 41.3 Å². The fraction of sp³-hybridized carbons (Fsp3) is 0.167. The predicted octanol–water partition coefficient (Wildman–Crippen LogP) is 4.60. The van der Waals surface area contributed by atoms with Crippen LogP contribution in [0.3, 0.4) is 0 Å². The summed E-state index contributed by atoms with van der Waals surface area (Å²) in [6.07, 6.45) is 3.17. The summed E-state index contributed by atoms with van der Waals surface area (Å²) in [5.41, 5.74) is 2.66. The summed E-state index contributed by atoms with van der Waals surface area (Å²) in [5, 5.41) is 2.62. The first-order valence-electron chi connectivity index (χ1n) is 6.89. The van der Waals surface area contributed by atoms with E-state index in [1.165, 1.54) is 23.8 Å². The summed E-state index contributed by atoms with van der Waals surface area (Å²) in [4.78, 5) is 11.8. The topological polar surface area (TPSA) is 29.1 Å². The highest BCUT2D eigenvalue weighted by atomic mass is 19.1. The molecular formula is C18H18FNO. The lowest BCUT2D eigenvalue weighted by Crippen LogP contribution is -2.07. The lowest BCUT2D eigenvalue weighted by molar-refractivity contribution is -0.111. The van der Waals surface area contributed by atoms with Crippen LogP contribution in [0, 0.1) is 5.82 Å². The minimum Gasteiger partial charge on any atom is -0.322 e. The maximum atomic E-state index is 13.0. The summed E-state index contributed by atoms with van der Waals surface area (Å²) in [6.45, 7) is 4.27. The molecule has 2 aromatic carbocycles. The first-order chi connectivity index (χ1) is 10.0. The van der Waals surface area contributed by atoms with Crippen LogP contribution in [-0.4, -0.2) is 5.91 Å². The second-order valence-electron chi connectivity index (χ2n) is 5.15. The van der Waals surface area contributed by atoms with E-state index in [4.69, 9.17) is 0 Å². The van der Waals surface area contributed by atoms with Crippen LogP contribution in [-0.2, 0) is 4.79 Å². The Kier molecular flexibility index (Phi) is 4.88. The van der Waals surface area contributed by atoms with Crippen LogP contribution in [0.1, 0.15) is 30.9 Å². The highest BCUT2D eigenvalue weighted by molar-refractivity contribution is 6.01. The maximum Gasteiger partial charge on any atom is 0.248 e. The average Bonchev–Trinajstić information content (AvgIpc) is 2.45. The molecule has 0 radical (unpaired) electrons. The van der Waals surface area contributed by atoms with Gasteiger partial charge in [0.25, 0.3) is 0 Å². The van der Waals surface area contributed by atoms with Crippen LogP contribution in [0.15, 0.2) is 54.6 Å². The molecule has 0 spiro atoms. The molecule has 0 heterocycles. The van der Waals surface area contributed by atoms with Crippen LogP contribution < -0.4 is 5.32 Å². The van der Waals surface area contributed by atoms with Crippen molar-refractivity contribution in [1.82, 2.24) is 0 Å². The highest BCUT2D eigenvalue weighted by Gasteiger charge is 2.00. The first kappa shape index (κ1) is 15.0. The van der Waals surface area contributed by atoms with E-state index in [0.717, 1.165) is 5.56 Å². The molecular weight excluding hydrogens is 265 g/mol. The largest absolute Gasteiger partial charge is 0.322 e. The van der Waals surface area contributed by atoms with Crippen LogP contribution in [0.4, 0.5) is 10.1 Å². The van der Waals surface area contributed by atoms with Gasteiger partial charge in [-0.15, -0.1) is 0 Å². The number of halogens is 1. The van der Waals surface area contributed by atoms with E-state index in [1.54, 1.807) is 18.2 Å². The smallest absolute Gasteiger partial charge is 0.248 e. The van der Waals surface area contributed by atoms with Crippen LogP contribution >= 0.6 is 0 Å². The predicted molar refractivity (Wildman–Crippen MR) is 84.6 cm³/mol. The average molecular weight is 283 g/mol. The van der Waals surface area contributed by atoms with Crippen molar-refractivity contribution >= 4 is 17.7 Å². The molecule has 1 N–H and O–H groups in total. The van der Waals surface area contributed by atoms with E-state index in [0.29, 0.717) is 11.6 Å². The van der Waals surface area contributed by atoms with Gasteiger partial charge in [0.05, 0.1) is 0 Å². The number of carbonyl (C=O) groups is 1. The summed E-state index contributed by atoms with van der Waals surface area (Å²) >= 11 is 0. The molecule has 3 heteroatoms. The standard InChI is InChI=1S/C18H18FNO/c1-13(2)15-9-6-14(7-10-15)8-11-18(21)20-17-5-3-4-16(19)12-17/h3-13H,1-2H3,(H,20,21)/b11-8+. The van der Waals surface area contributed by atoms with Crippen molar-refractivity contribution in [3.05, 3.63) is 71.6 Å². The summed E-state index contributed by atoms with van der Waals surface area (Å²) < 4.78 is 13.0. The molecule has 2 aromatic rings. The Balaban J connectivity index is 1.98. The molecule has 2 nitrogen and oxygen atoms in total. The van der Waals surface area contributed by atoms with Crippen LogP contribution in [0.25, 0.3) is 6.08 Å². The maximum absolute atomic E-state index is 13.0. The van der Waals surface area contributed by atoms with Gasteiger partial charge in [-0.25, -0.2) is 4.39 Å². The lowest BCUT2D eigenvalue weighted by atomic mass is 10.0. The number of nitrogens with one attached hydrogen (secondary N) is 1. The van der Waals surface area contributed by atoms with Crippen molar-refractivity contribution in [1.29, 1.82) is 0 Å². The van der Waals surface area contributed by atoms with Gasteiger partial charge in [0.15, 0.2) is 0 Å². The van der Waals surface area contributed by atoms with Crippen LogP contribution in [0.5, 0.6) is 0 Å². The van der Waals surface area contributed by atoms with E-state index in [-0.39, 0.29) is 11.7 Å². The Labute approximate surface area is 124 Å². The Morgan fingerprint density at radius 3 is 2.48 bits per heavy atom. The fourth-order valence-corrected chi connectivity index (χ4v) is 1.91. The van der Waals surface area contributed by atoms with Gasteiger partial charge >= 0.3 is 0 Å². The monoisotopic (exact) mass is 283 g/mol. The zero-order valence-electron chi connectivity index (χ0n) is 12.1. The van der Waals surface area contributed by atoms with Gasteiger partial charge in [0, 0.05) is 11.8 Å². The van der Waals surface area contributed by atoms with Crippen molar-refractivity contribution < 1.29 is 9.18 Å².